The maximum absolute atomic E-state index is 12.0. The second kappa shape index (κ2) is 6.90. The maximum Gasteiger partial charge on any atom is 0.416 e. The van der Waals surface area contributed by atoms with Gasteiger partial charge in [-0.3, -0.25) is 0 Å². The Kier molecular flexibility index (Phi) is 4.68. The van der Waals surface area contributed by atoms with Crippen molar-refractivity contribution in [2.24, 2.45) is 0 Å². The van der Waals surface area contributed by atoms with Gasteiger partial charge in [0.15, 0.2) is 0 Å². The minimum atomic E-state index is -0.589. The maximum atomic E-state index is 12.0. The van der Waals surface area contributed by atoms with Crippen molar-refractivity contribution in [2.75, 3.05) is 11.4 Å². The van der Waals surface area contributed by atoms with Crippen LogP contribution in [0.4, 0.5) is 10.6 Å². The molecule has 0 fully saturated rings. The van der Waals surface area contributed by atoms with Gasteiger partial charge in [0.05, 0.1) is 6.07 Å². The lowest BCUT2D eigenvalue weighted by atomic mass is 10.2. The van der Waals surface area contributed by atoms with Gasteiger partial charge in [-0.05, 0) is 17.7 Å². The van der Waals surface area contributed by atoms with Gasteiger partial charge in [0.2, 0.25) is 0 Å². The first kappa shape index (κ1) is 13.6. The Bertz CT molecular complexity index is 594. The summed E-state index contributed by atoms with van der Waals surface area (Å²) < 4.78 is 5.19. The van der Waals surface area contributed by atoms with Gasteiger partial charge in [-0.1, -0.05) is 36.4 Å². The van der Waals surface area contributed by atoms with Crippen molar-refractivity contribution >= 4 is 11.9 Å². The fourth-order valence-corrected chi connectivity index (χ4v) is 1.62. The number of hydrogen-bond acceptors (Lipinski definition) is 4. The largest absolute Gasteiger partial charge is 0.444 e. The molecule has 0 unspecified atom stereocenters. The summed E-state index contributed by atoms with van der Waals surface area (Å²) >= 11 is 0. The molecule has 0 radical (unpaired) electrons. The number of anilines is 1. The topological polar surface area (TPSA) is 66.2 Å². The summed E-state index contributed by atoms with van der Waals surface area (Å²) in [7, 11) is 0. The van der Waals surface area contributed by atoms with Crippen LogP contribution in [0.15, 0.2) is 54.7 Å². The Morgan fingerprint density at radius 3 is 2.60 bits per heavy atom. The first-order valence-corrected chi connectivity index (χ1v) is 6.07. The Morgan fingerprint density at radius 2 is 1.95 bits per heavy atom. The van der Waals surface area contributed by atoms with E-state index in [2.05, 4.69) is 4.98 Å². The number of benzene rings is 1. The number of carbonyl (C=O) groups is 1. The molecule has 0 spiro atoms. The molecule has 0 aliphatic rings. The molecule has 1 amide bonds. The van der Waals surface area contributed by atoms with Crippen LogP contribution >= 0.6 is 0 Å². The lowest BCUT2D eigenvalue weighted by Crippen LogP contribution is -2.32. The molecular weight excluding hydrogens is 254 g/mol. The number of amides is 1. The fraction of sp³-hybridized carbons (Fsp3) is 0.133. The molecule has 5 heteroatoms. The van der Waals surface area contributed by atoms with Crippen LogP contribution in [0.5, 0.6) is 0 Å². The van der Waals surface area contributed by atoms with E-state index < -0.39 is 6.09 Å². The van der Waals surface area contributed by atoms with Gasteiger partial charge in [0.1, 0.15) is 19.0 Å². The fourth-order valence-electron chi connectivity index (χ4n) is 1.62. The van der Waals surface area contributed by atoms with Crippen molar-refractivity contribution in [1.82, 2.24) is 4.98 Å². The van der Waals surface area contributed by atoms with E-state index in [4.69, 9.17) is 10.00 Å². The minimum Gasteiger partial charge on any atom is -0.444 e. The zero-order chi connectivity index (χ0) is 14.2. The molecule has 1 heterocycles. The van der Waals surface area contributed by atoms with E-state index in [1.54, 1.807) is 24.4 Å². The van der Waals surface area contributed by atoms with E-state index >= 15 is 0 Å². The molecule has 0 saturated heterocycles. The normalized spacial score (nSPS) is 9.55. The molecule has 20 heavy (non-hydrogen) atoms. The second-order valence-corrected chi connectivity index (χ2v) is 3.97. The van der Waals surface area contributed by atoms with Gasteiger partial charge >= 0.3 is 6.09 Å². The molecule has 0 bridgehead atoms. The molecule has 1 aromatic heterocycles. The smallest absolute Gasteiger partial charge is 0.416 e. The molecule has 5 nitrogen and oxygen atoms in total. The third kappa shape index (κ3) is 3.56. The van der Waals surface area contributed by atoms with Gasteiger partial charge < -0.3 is 4.74 Å². The molecule has 0 saturated carbocycles. The third-order valence-electron chi connectivity index (χ3n) is 2.58. The number of hydrogen-bond donors (Lipinski definition) is 0. The standard InChI is InChI=1S/C15H13N3O2/c16-9-11-18(14-8-4-5-10-17-14)15(19)20-12-13-6-2-1-3-7-13/h1-8,10H,11-12H2. The number of ether oxygens (including phenoxy) is 1. The summed E-state index contributed by atoms with van der Waals surface area (Å²) in [6.45, 7) is 0.0546. The lowest BCUT2D eigenvalue weighted by Gasteiger charge is -2.17. The minimum absolute atomic E-state index is 0.107. The summed E-state index contributed by atoms with van der Waals surface area (Å²) in [6, 6.07) is 16.4. The monoisotopic (exact) mass is 267 g/mol. The van der Waals surface area contributed by atoms with Gasteiger partial charge in [-0.15, -0.1) is 0 Å². The summed E-state index contributed by atoms with van der Waals surface area (Å²) in [6.07, 6.45) is 0.971. The molecule has 0 atom stereocenters. The van der Waals surface area contributed by atoms with Crippen molar-refractivity contribution in [3.8, 4) is 6.07 Å². The quantitative estimate of drug-likeness (QED) is 0.799. The van der Waals surface area contributed by atoms with E-state index in [9.17, 15) is 4.79 Å². The lowest BCUT2D eigenvalue weighted by molar-refractivity contribution is 0.147. The average molecular weight is 267 g/mol. The van der Waals surface area contributed by atoms with Crippen LogP contribution in [0.1, 0.15) is 5.56 Å². The third-order valence-corrected chi connectivity index (χ3v) is 2.58. The van der Waals surface area contributed by atoms with Crippen molar-refractivity contribution in [2.45, 2.75) is 6.61 Å². The zero-order valence-electron chi connectivity index (χ0n) is 10.8. The highest BCUT2D eigenvalue weighted by Crippen LogP contribution is 2.11. The Morgan fingerprint density at radius 1 is 1.20 bits per heavy atom. The summed E-state index contributed by atoms with van der Waals surface area (Å²) in [5.74, 6) is 0.395. The highest BCUT2D eigenvalue weighted by atomic mass is 16.6. The van der Waals surface area contributed by atoms with Gasteiger partial charge in [-0.25, -0.2) is 14.7 Å². The molecule has 2 rings (SSSR count). The first-order valence-electron chi connectivity index (χ1n) is 6.07. The highest BCUT2D eigenvalue weighted by molar-refractivity contribution is 5.86. The van der Waals surface area contributed by atoms with E-state index in [-0.39, 0.29) is 13.2 Å². The first-order chi connectivity index (χ1) is 9.81. The Balaban J connectivity index is 2.03. The van der Waals surface area contributed by atoms with Crippen LogP contribution in [0.2, 0.25) is 0 Å². The van der Waals surface area contributed by atoms with Crippen LogP contribution in [-0.2, 0) is 11.3 Å². The van der Waals surface area contributed by atoms with E-state index in [1.165, 1.54) is 4.90 Å². The van der Waals surface area contributed by atoms with E-state index in [0.717, 1.165) is 5.56 Å². The molecule has 100 valence electrons. The molecule has 1 aromatic carbocycles. The Labute approximate surface area is 117 Å². The van der Waals surface area contributed by atoms with Crippen LogP contribution in [0.25, 0.3) is 0 Å². The molecule has 0 aliphatic carbocycles. The molecular formula is C15H13N3O2. The van der Waals surface area contributed by atoms with Crippen LogP contribution < -0.4 is 4.90 Å². The van der Waals surface area contributed by atoms with E-state index in [1.807, 2.05) is 36.4 Å². The SMILES string of the molecule is N#CCN(C(=O)OCc1ccccc1)c1ccccn1. The Hall–Kier alpha value is -2.87. The molecule has 0 N–H and O–H groups in total. The summed E-state index contributed by atoms with van der Waals surface area (Å²) in [5.41, 5.74) is 0.888. The number of pyridine rings is 1. The highest BCUT2D eigenvalue weighted by Gasteiger charge is 2.17. The van der Waals surface area contributed by atoms with Crippen molar-refractivity contribution in [1.29, 1.82) is 5.26 Å². The summed E-state index contributed by atoms with van der Waals surface area (Å²) in [5, 5.41) is 8.80. The predicted octanol–water partition coefficient (Wildman–Crippen LogP) is 2.75. The average Bonchev–Trinajstić information content (AvgIpc) is 2.52. The number of nitrogens with zero attached hydrogens (tertiary/aromatic N) is 3. The second-order valence-electron chi connectivity index (χ2n) is 3.97. The van der Waals surface area contributed by atoms with E-state index in [0.29, 0.717) is 5.82 Å². The van der Waals surface area contributed by atoms with Crippen LogP contribution in [-0.4, -0.2) is 17.6 Å². The number of aromatic nitrogens is 1. The zero-order valence-corrected chi connectivity index (χ0v) is 10.8. The van der Waals surface area contributed by atoms with Crippen LogP contribution in [0, 0.1) is 11.3 Å². The van der Waals surface area contributed by atoms with Crippen molar-refractivity contribution < 1.29 is 9.53 Å². The number of carbonyl (C=O) groups excluding carboxylic acids is 1. The van der Waals surface area contributed by atoms with Crippen molar-refractivity contribution in [3.63, 3.8) is 0 Å². The molecule has 0 aliphatic heterocycles. The summed E-state index contributed by atoms with van der Waals surface area (Å²) in [4.78, 5) is 17.3. The number of nitriles is 1. The van der Waals surface area contributed by atoms with Gasteiger partial charge in [0, 0.05) is 6.20 Å². The van der Waals surface area contributed by atoms with Crippen LogP contribution in [0.3, 0.4) is 0 Å². The molecule has 2 aromatic rings. The van der Waals surface area contributed by atoms with Crippen molar-refractivity contribution in [3.05, 3.63) is 60.3 Å². The predicted molar refractivity (Wildman–Crippen MR) is 73.8 cm³/mol. The van der Waals surface area contributed by atoms with Gasteiger partial charge in [-0.2, -0.15) is 5.26 Å². The number of rotatable bonds is 4. The van der Waals surface area contributed by atoms with Gasteiger partial charge in [0.25, 0.3) is 0 Å².